The molecule has 0 spiro atoms. The van der Waals surface area contributed by atoms with E-state index in [0.29, 0.717) is 18.2 Å². The molecule has 1 aliphatic rings. The average molecular weight is 460 g/mol. The third kappa shape index (κ3) is 4.45. The largest absolute Gasteiger partial charge is 0.396 e. The first-order chi connectivity index (χ1) is 12.0. The topological polar surface area (TPSA) is 33.6 Å². The quantitative estimate of drug-likeness (QED) is 0.267. The van der Waals surface area contributed by atoms with Gasteiger partial charge in [0.05, 0.1) is 11.9 Å². The predicted octanol–water partition coefficient (Wildman–Crippen LogP) is 5.52. The van der Waals surface area contributed by atoms with E-state index in [0.717, 1.165) is 28.0 Å². The minimum atomic E-state index is -1.53. The molecule has 0 aromatic heterocycles. The van der Waals surface area contributed by atoms with Crippen molar-refractivity contribution < 1.29 is 18.0 Å². The Morgan fingerprint density at radius 1 is 1.24 bits per heavy atom. The molecule has 132 valence electrons. The minimum Gasteiger partial charge on any atom is -0.396 e. The number of halogens is 4. The molecular formula is C18H16F3IN2O. The molecule has 1 N–H and O–H groups in total. The van der Waals surface area contributed by atoms with E-state index >= 15 is 0 Å². The van der Waals surface area contributed by atoms with Crippen molar-refractivity contribution in [2.45, 2.75) is 19.8 Å². The van der Waals surface area contributed by atoms with Crippen molar-refractivity contribution in [3.63, 3.8) is 0 Å². The second-order valence-electron chi connectivity index (χ2n) is 6.01. The Kier molecular flexibility index (Phi) is 5.51. The van der Waals surface area contributed by atoms with Crippen LogP contribution < -0.4 is 5.32 Å². The summed E-state index contributed by atoms with van der Waals surface area (Å²) < 4.78 is 42.6. The van der Waals surface area contributed by atoms with Gasteiger partial charge in [-0.2, -0.15) is 0 Å². The molecule has 1 aliphatic carbocycles. The molecule has 3 rings (SSSR count). The summed E-state index contributed by atoms with van der Waals surface area (Å²) in [4.78, 5) is 5.12. The maximum Gasteiger partial charge on any atom is 0.196 e. The van der Waals surface area contributed by atoms with E-state index in [-0.39, 0.29) is 11.3 Å². The van der Waals surface area contributed by atoms with Crippen molar-refractivity contribution in [2.75, 3.05) is 11.9 Å². The molecule has 0 saturated heterocycles. The van der Waals surface area contributed by atoms with Crippen molar-refractivity contribution >= 4 is 40.2 Å². The zero-order valence-corrected chi connectivity index (χ0v) is 15.6. The standard InChI is InChI=1S/C18H16F3IN2O/c1-10-6-13(22)4-5-15(10)24-18-12(7-14(19)16(20)17(18)21)8-23-25-9-11-2-3-11/h4-8,11,24H,2-3,9H2,1H3/b23-8+. The van der Waals surface area contributed by atoms with Crippen LogP contribution in [0.1, 0.15) is 24.0 Å². The second kappa shape index (κ2) is 7.63. The molecular weight excluding hydrogens is 444 g/mol. The highest BCUT2D eigenvalue weighted by atomic mass is 127. The van der Waals surface area contributed by atoms with Crippen molar-refractivity contribution in [3.05, 3.63) is 56.4 Å². The van der Waals surface area contributed by atoms with E-state index in [4.69, 9.17) is 4.84 Å². The molecule has 0 aliphatic heterocycles. The highest BCUT2D eigenvalue weighted by Crippen LogP contribution is 2.30. The number of hydrogen-bond acceptors (Lipinski definition) is 3. The lowest BCUT2D eigenvalue weighted by molar-refractivity contribution is 0.135. The Hall–Kier alpha value is -1.77. The van der Waals surface area contributed by atoms with Crippen molar-refractivity contribution in [1.82, 2.24) is 0 Å². The lowest BCUT2D eigenvalue weighted by atomic mass is 10.1. The third-order valence-corrected chi connectivity index (χ3v) is 4.59. The van der Waals surface area contributed by atoms with Gasteiger partial charge in [-0.1, -0.05) is 5.16 Å². The monoisotopic (exact) mass is 460 g/mol. The number of oxime groups is 1. The highest BCUT2D eigenvalue weighted by Gasteiger charge is 2.22. The molecule has 1 saturated carbocycles. The number of benzene rings is 2. The SMILES string of the molecule is Cc1cc(I)ccc1Nc1c(/C=N/OCC2CC2)cc(F)c(F)c1F. The zero-order chi connectivity index (χ0) is 18.0. The lowest BCUT2D eigenvalue weighted by Gasteiger charge is -2.14. The first kappa shape index (κ1) is 18.0. The summed E-state index contributed by atoms with van der Waals surface area (Å²) in [7, 11) is 0. The van der Waals surface area contributed by atoms with Crippen LogP contribution in [0.2, 0.25) is 0 Å². The van der Waals surface area contributed by atoms with Crippen LogP contribution in [0.3, 0.4) is 0 Å². The molecule has 0 unspecified atom stereocenters. The number of nitrogens with one attached hydrogen (secondary N) is 1. The van der Waals surface area contributed by atoms with E-state index < -0.39 is 17.5 Å². The summed E-state index contributed by atoms with van der Waals surface area (Å²) in [5, 5.41) is 6.59. The second-order valence-corrected chi connectivity index (χ2v) is 7.25. The Balaban J connectivity index is 1.90. The van der Waals surface area contributed by atoms with Crippen LogP contribution in [0.25, 0.3) is 0 Å². The van der Waals surface area contributed by atoms with Crippen LogP contribution in [0.4, 0.5) is 24.5 Å². The van der Waals surface area contributed by atoms with Gasteiger partial charge in [-0.25, -0.2) is 13.2 Å². The Morgan fingerprint density at radius 2 is 2.00 bits per heavy atom. The minimum absolute atomic E-state index is 0.0742. The molecule has 0 bridgehead atoms. The fourth-order valence-corrected chi connectivity index (χ4v) is 2.92. The van der Waals surface area contributed by atoms with E-state index in [1.807, 2.05) is 19.1 Å². The van der Waals surface area contributed by atoms with Gasteiger partial charge in [0.1, 0.15) is 6.61 Å². The summed E-state index contributed by atoms with van der Waals surface area (Å²) in [6.07, 6.45) is 3.40. The van der Waals surface area contributed by atoms with Crippen molar-refractivity contribution in [2.24, 2.45) is 11.1 Å². The predicted molar refractivity (Wildman–Crippen MR) is 99.8 cm³/mol. The number of nitrogens with zero attached hydrogens (tertiary/aromatic N) is 1. The smallest absolute Gasteiger partial charge is 0.196 e. The van der Waals surface area contributed by atoms with Crippen LogP contribution in [0.5, 0.6) is 0 Å². The van der Waals surface area contributed by atoms with Gasteiger partial charge >= 0.3 is 0 Å². The van der Waals surface area contributed by atoms with Crippen LogP contribution >= 0.6 is 22.6 Å². The number of rotatable bonds is 6. The van der Waals surface area contributed by atoms with Crippen molar-refractivity contribution in [3.8, 4) is 0 Å². The summed E-state index contributed by atoms with van der Waals surface area (Å²) in [6, 6.07) is 6.38. The molecule has 0 amide bonds. The molecule has 7 heteroatoms. The number of anilines is 2. The van der Waals surface area contributed by atoms with Crippen LogP contribution in [-0.4, -0.2) is 12.8 Å². The fourth-order valence-electron chi connectivity index (χ4n) is 2.27. The molecule has 1 fully saturated rings. The molecule has 2 aromatic carbocycles. The zero-order valence-electron chi connectivity index (χ0n) is 13.5. The molecule has 25 heavy (non-hydrogen) atoms. The molecule has 2 aromatic rings. The van der Waals surface area contributed by atoms with Gasteiger partial charge in [0.25, 0.3) is 0 Å². The van der Waals surface area contributed by atoms with Crippen LogP contribution in [0.15, 0.2) is 29.4 Å². The van der Waals surface area contributed by atoms with Crippen molar-refractivity contribution in [1.29, 1.82) is 0 Å². The van der Waals surface area contributed by atoms with E-state index in [1.54, 1.807) is 6.07 Å². The summed E-state index contributed by atoms with van der Waals surface area (Å²) >= 11 is 2.16. The molecule has 3 nitrogen and oxygen atoms in total. The average Bonchev–Trinajstić information content (AvgIpc) is 3.39. The summed E-state index contributed by atoms with van der Waals surface area (Å²) in [5.74, 6) is -3.58. The lowest BCUT2D eigenvalue weighted by Crippen LogP contribution is -2.05. The summed E-state index contributed by atoms with van der Waals surface area (Å²) in [5.41, 5.74) is 1.34. The Labute approximate surface area is 157 Å². The maximum atomic E-state index is 14.3. The normalized spacial score (nSPS) is 14.1. The van der Waals surface area contributed by atoms with Gasteiger partial charge in [-0.05, 0) is 78.1 Å². The maximum absolute atomic E-state index is 14.3. The number of aryl methyl sites for hydroxylation is 1. The van der Waals surface area contributed by atoms with Gasteiger partial charge in [0.15, 0.2) is 17.5 Å². The fraction of sp³-hybridized carbons (Fsp3) is 0.278. The Bertz CT molecular complexity index is 822. The summed E-state index contributed by atoms with van der Waals surface area (Å²) in [6.45, 7) is 2.32. The molecule has 0 atom stereocenters. The van der Waals surface area contributed by atoms with E-state index in [9.17, 15) is 13.2 Å². The van der Waals surface area contributed by atoms with E-state index in [2.05, 4.69) is 33.1 Å². The van der Waals surface area contributed by atoms with Gasteiger partial charge in [0, 0.05) is 14.8 Å². The highest BCUT2D eigenvalue weighted by molar-refractivity contribution is 14.1. The van der Waals surface area contributed by atoms with Gasteiger partial charge in [-0.15, -0.1) is 0 Å². The first-order valence-corrected chi connectivity index (χ1v) is 8.89. The Morgan fingerprint density at radius 3 is 2.68 bits per heavy atom. The third-order valence-electron chi connectivity index (χ3n) is 3.91. The van der Waals surface area contributed by atoms with E-state index in [1.165, 1.54) is 6.21 Å². The number of hydrogen-bond donors (Lipinski definition) is 1. The first-order valence-electron chi connectivity index (χ1n) is 7.81. The molecule has 0 heterocycles. The van der Waals surface area contributed by atoms with Gasteiger partial charge in [-0.3, -0.25) is 0 Å². The van der Waals surface area contributed by atoms with Crippen LogP contribution in [0, 0.1) is 33.9 Å². The molecule has 0 radical (unpaired) electrons. The van der Waals surface area contributed by atoms with Gasteiger partial charge < -0.3 is 10.2 Å². The van der Waals surface area contributed by atoms with Crippen LogP contribution in [-0.2, 0) is 4.84 Å². The van der Waals surface area contributed by atoms with Gasteiger partial charge in [0.2, 0.25) is 0 Å².